The van der Waals surface area contributed by atoms with Crippen LogP contribution in [0.4, 0.5) is 0 Å². The van der Waals surface area contributed by atoms with Crippen LogP contribution in [0.3, 0.4) is 0 Å². The highest BCUT2D eigenvalue weighted by atomic mass is 16.5. The molecule has 7 nitrogen and oxygen atoms in total. The third kappa shape index (κ3) is 6.98. The van der Waals surface area contributed by atoms with E-state index >= 15 is 0 Å². The first kappa shape index (κ1) is 27.3. The van der Waals surface area contributed by atoms with E-state index in [1.165, 1.54) is 6.20 Å². The molecule has 1 saturated heterocycles. The molecule has 0 radical (unpaired) electrons. The lowest BCUT2D eigenvalue weighted by molar-refractivity contribution is -0.135. The van der Waals surface area contributed by atoms with E-state index in [9.17, 15) is 14.7 Å². The first-order valence-corrected chi connectivity index (χ1v) is 13.3. The van der Waals surface area contributed by atoms with Crippen molar-refractivity contribution in [3.8, 4) is 16.9 Å². The van der Waals surface area contributed by atoms with Gasteiger partial charge in [-0.15, -0.1) is 0 Å². The number of hydrogen-bond acceptors (Lipinski definition) is 5. The smallest absolute Gasteiger partial charge is 0.253 e. The Labute approximate surface area is 224 Å². The van der Waals surface area contributed by atoms with E-state index in [1.807, 2.05) is 41.3 Å². The van der Waals surface area contributed by atoms with E-state index in [1.54, 1.807) is 18.3 Å². The van der Waals surface area contributed by atoms with Crippen molar-refractivity contribution in [3.05, 3.63) is 83.7 Å². The van der Waals surface area contributed by atoms with Crippen LogP contribution in [0.25, 0.3) is 11.1 Å². The second kappa shape index (κ2) is 12.7. The van der Waals surface area contributed by atoms with Gasteiger partial charge in [0.15, 0.2) is 0 Å². The molecule has 1 fully saturated rings. The number of nitrogens with zero attached hydrogens (tertiary/aromatic N) is 2. The minimum absolute atomic E-state index is 0.144. The van der Waals surface area contributed by atoms with E-state index in [4.69, 9.17) is 4.74 Å². The lowest BCUT2D eigenvalue weighted by Crippen LogP contribution is -2.40. The SMILES string of the molecule is CC(C)(CCCCC(=O)N1CCOCC1)c1ccc(-c2ccccc2CNC(=O)c2cccnc2)c(O)c1. The summed E-state index contributed by atoms with van der Waals surface area (Å²) < 4.78 is 5.33. The lowest BCUT2D eigenvalue weighted by atomic mass is 9.79. The van der Waals surface area contributed by atoms with Gasteiger partial charge in [-0.05, 0) is 53.1 Å². The number of hydrogen-bond donors (Lipinski definition) is 2. The van der Waals surface area contributed by atoms with Gasteiger partial charge >= 0.3 is 0 Å². The Bertz CT molecular complexity index is 1240. The number of pyridine rings is 1. The van der Waals surface area contributed by atoms with Gasteiger partial charge in [0, 0.05) is 44.0 Å². The standard InChI is InChI=1S/C31H37N3O4/c1-31(2,14-6-5-11-29(36)34-16-18-38-19-17-34)25-12-13-27(28(35)20-25)26-10-4-3-8-23(26)22-33-30(37)24-9-7-15-32-21-24/h3-4,7-10,12-13,15,20-21,35H,5-6,11,14,16-19,22H2,1-2H3,(H,33,37). The van der Waals surface area contributed by atoms with Gasteiger partial charge in [-0.2, -0.15) is 0 Å². The van der Waals surface area contributed by atoms with Gasteiger partial charge in [0.2, 0.25) is 5.91 Å². The molecule has 2 aromatic carbocycles. The van der Waals surface area contributed by atoms with Crippen LogP contribution in [0.1, 0.15) is 61.0 Å². The fraction of sp³-hybridized carbons (Fsp3) is 0.387. The van der Waals surface area contributed by atoms with E-state index in [0.29, 0.717) is 44.8 Å². The summed E-state index contributed by atoms with van der Waals surface area (Å²) in [5, 5.41) is 14.0. The highest BCUT2D eigenvalue weighted by Gasteiger charge is 2.23. The maximum Gasteiger partial charge on any atom is 0.253 e. The first-order valence-electron chi connectivity index (χ1n) is 13.3. The van der Waals surface area contributed by atoms with E-state index in [-0.39, 0.29) is 23.0 Å². The molecule has 0 saturated carbocycles. The number of aromatic hydroxyl groups is 1. The number of rotatable bonds is 10. The zero-order valence-corrected chi connectivity index (χ0v) is 22.3. The molecule has 2 amide bonds. The predicted molar refractivity (Wildman–Crippen MR) is 148 cm³/mol. The van der Waals surface area contributed by atoms with Crippen molar-refractivity contribution in [1.82, 2.24) is 15.2 Å². The summed E-state index contributed by atoms with van der Waals surface area (Å²) in [5.74, 6) is 0.230. The average molecular weight is 516 g/mol. The van der Waals surface area contributed by atoms with Crippen LogP contribution in [-0.4, -0.2) is 53.1 Å². The molecule has 0 bridgehead atoms. The predicted octanol–water partition coefficient (Wildman–Crippen LogP) is 5.08. The van der Waals surface area contributed by atoms with Crippen molar-refractivity contribution in [2.24, 2.45) is 0 Å². The molecule has 0 unspecified atom stereocenters. The fourth-order valence-corrected chi connectivity index (χ4v) is 4.85. The van der Waals surface area contributed by atoms with Crippen molar-refractivity contribution < 1.29 is 19.4 Å². The summed E-state index contributed by atoms with van der Waals surface area (Å²) in [4.78, 5) is 30.8. The summed E-state index contributed by atoms with van der Waals surface area (Å²) in [5.41, 5.74) is 3.94. The van der Waals surface area contributed by atoms with Gasteiger partial charge in [0.25, 0.3) is 5.91 Å². The minimum atomic E-state index is -0.194. The Morgan fingerprint density at radius 1 is 1.03 bits per heavy atom. The largest absolute Gasteiger partial charge is 0.507 e. The van der Waals surface area contributed by atoms with Crippen LogP contribution in [0.15, 0.2) is 67.0 Å². The van der Waals surface area contributed by atoms with Crippen LogP contribution in [0.5, 0.6) is 5.75 Å². The van der Waals surface area contributed by atoms with Crippen LogP contribution in [0, 0.1) is 0 Å². The summed E-state index contributed by atoms with van der Waals surface area (Å²) in [6.07, 6.45) is 6.43. The van der Waals surface area contributed by atoms with Gasteiger partial charge in [-0.1, -0.05) is 56.7 Å². The monoisotopic (exact) mass is 515 g/mol. The van der Waals surface area contributed by atoms with Gasteiger partial charge in [-0.25, -0.2) is 0 Å². The number of phenols is 1. The number of unbranched alkanes of at least 4 members (excludes halogenated alkanes) is 1. The second-order valence-corrected chi connectivity index (χ2v) is 10.4. The highest BCUT2D eigenvalue weighted by Crippen LogP contribution is 2.37. The summed E-state index contributed by atoms with van der Waals surface area (Å²) in [6.45, 7) is 7.32. The van der Waals surface area contributed by atoms with E-state index in [2.05, 4.69) is 30.2 Å². The molecule has 1 aliphatic rings. The highest BCUT2D eigenvalue weighted by molar-refractivity contribution is 5.93. The summed E-state index contributed by atoms with van der Waals surface area (Å²) in [7, 11) is 0. The molecule has 4 rings (SSSR count). The molecule has 0 atom stereocenters. The lowest BCUT2D eigenvalue weighted by Gasteiger charge is -2.28. The van der Waals surface area contributed by atoms with Crippen LogP contribution in [0.2, 0.25) is 0 Å². The van der Waals surface area contributed by atoms with Crippen molar-refractivity contribution in [2.45, 2.75) is 51.5 Å². The quantitative estimate of drug-likeness (QED) is 0.368. The molecule has 7 heteroatoms. The van der Waals surface area contributed by atoms with Crippen molar-refractivity contribution in [3.63, 3.8) is 0 Å². The zero-order valence-electron chi connectivity index (χ0n) is 22.3. The van der Waals surface area contributed by atoms with Crippen LogP contribution >= 0.6 is 0 Å². The molecule has 1 aliphatic heterocycles. The molecule has 3 aromatic rings. The number of ether oxygens (including phenoxy) is 1. The summed E-state index contributed by atoms with van der Waals surface area (Å²) in [6, 6.07) is 17.1. The zero-order chi connectivity index (χ0) is 27.0. The Hall–Kier alpha value is -3.71. The van der Waals surface area contributed by atoms with Gasteiger partial charge in [0.05, 0.1) is 18.8 Å². The Balaban J connectivity index is 1.37. The number of carbonyl (C=O) groups excluding carboxylic acids is 2. The van der Waals surface area contributed by atoms with Gasteiger partial charge in [0.1, 0.15) is 5.75 Å². The maximum atomic E-state index is 12.5. The topological polar surface area (TPSA) is 91.8 Å². The molecule has 2 N–H and O–H groups in total. The third-order valence-corrected chi connectivity index (χ3v) is 7.26. The second-order valence-electron chi connectivity index (χ2n) is 10.4. The van der Waals surface area contributed by atoms with Crippen LogP contribution < -0.4 is 5.32 Å². The Morgan fingerprint density at radius 2 is 1.82 bits per heavy atom. The Morgan fingerprint density at radius 3 is 2.55 bits per heavy atom. The molecule has 2 heterocycles. The number of nitrogens with one attached hydrogen (secondary N) is 1. The summed E-state index contributed by atoms with van der Waals surface area (Å²) >= 11 is 0. The number of amides is 2. The number of morpholine rings is 1. The number of phenolic OH excluding ortho intramolecular Hbond substituents is 1. The number of carbonyl (C=O) groups is 2. The molecule has 1 aromatic heterocycles. The van der Waals surface area contributed by atoms with Gasteiger partial charge in [-0.3, -0.25) is 14.6 Å². The minimum Gasteiger partial charge on any atom is -0.507 e. The normalized spacial score (nSPS) is 13.8. The number of benzene rings is 2. The van der Waals surface area contributed by atoms with Crippen molar-refractivity contribution in [2.75, 3.05) is 26.3 Å². The third-order valence-electron chi connectivity index (χ3n) is 7.26. The van der Waals surface area contributed by atoms with Crippen LogP contribution in [-0.2, 0) is 21.5 Å². The van der Waals surface area contributed by atoms with E-state index < -0.39 is 0 Å². The molecule has 200 valence electrons. The number of aromatic nitrogens is 1. The van der Waals surface area contributed by atoms with Crippen molar-refractivity contribution >= 4 is 11.8 Å². The molecule has 0 aliphatic carbocycles. The molecular weight excluding hydrogens is 478 g/mol. The first-order chi connectivity index (χ1) is 18.3. The Kier molecular flexibility index (Phi) is 9.13. The molecular formula is C31H37N3O4. The van der Waals surface area contributed by atoms with E-state index in [0.717, 1.165) is 41.5 Å². The fourth-order valence-electron chi connectivity index (χ4n) is 4.85. The molecule has 0 spiro atoms. The van der Waals surface area contributed by atoms with Gasteiger partial charge < -0.3 is 20.1 Å². The molecule has 38 heavy (non-hydrogen) atoms. The maximum absolute atomic E-state index is 12.5. The van der Waals surface area contributed by atoms with Crippen molar-refractivity contribution in [1.29, 1.82) is 0 Å². The average Bonchev–Trinajstić information content (AvgIpc) is 2.95.